The van der Waals surface area contributed by atoms with Crippen LogP contribution < -0.4 is 9.64 Å². The van der Waals surface area contributed by atoms with Crippen molar-refractivity contribution in [3.8, 4) is 5.75 Å². The first-order valence-corrected chi connectivity index (χ1v) is 6.70. The normalized spacial score (nSPS) is 10.6. The van der Waals surface area contributed by atoms with Crippen LogP contribution in [0.2, 0.25) is 0 Å². The zero-order chi connectivity index (χ0) is 14.3. The predicted octanol–water partition coefficient (Wildman–Crippen LogP) is 2.90. The number of carbonyl (C=O) groups excluding carboxylic acids is 1. The fraction of sp³-hybridized carbons (Fsp3) is 0.500. The fourth-order valence-corrected chi connectivity index (χ4v) is 1.68. The quantitative estimate of drug-likeness (QED) is 0.571. The van der Waals surface area contributed by atoms with Gasteiger partial charge in [0.05, 0.1) is 12.3 Å². The van der Waals surface area contributed by atoms with Crippen molar-refractivity contribution in [1.82, 2.24) is 0 Å². The summed E-state index contributed by atoms with van der Waals surface area (Å²) in [6, 6.07) is 7.37. The molecule has 0 aliphatic rings. The molecule has 0 aromatic heterocycles. The Balaban J connectivity index is 2.97. The van der Waals surface area contributed by atoms with Gasteiger partial charge in [-0.1, -0.05) is 26.0 Å². The third kappa shape index (κ3) is 4.73. The van der Waals surface area contributed by atoms with E-state index in [2.05, 4.69) is 13.8 Å². The van der Waals surface area contributed by atoms with E-state index in [1.165, 1.54) is 12.0 Å². The highest BCUT2D eigenvalue weighted by Gasteiger charge is 2.18. The highest BCUT2D eigenvalue weighted by molar-refractivity contribution is 6.29. The van der Waals surface area contributed by atoms with Crippen LogP contribution in [0, 0.1) is 5.92 Å². The molecule has 0 bridgehead atoms. The van der Waals surface area contributed by atoms with Crippen LogP contribution in [0.15, 0.2) is 24.3 Å². The van der Waals surface area contributed by atoms with Crippen LogP contribution >= 0.6 is 11.6 Å². The number of rotatable bonds is 7. The zero-order valence-corrected chi connectivity index (χ0v) is 12.3. The number of anilines is 1. The van der Waals surface area contributed by atoms with Gasteiger partial charge in [-0.2, -0.15) is 0 Å². The Bertz CT molecular complexity index is 409. The second kappa shape index (κ2) is 8.02. The van der Waals surface area contributed by atoms with Crippen molar-refractivity contribution < 1.29 is 14.3 Å². The molecule has 0 aliphatic heterocycles. The number of halogens is 1. The SMILES string of the molecule is COCN(C(=O)CCl)c1ccccc1OCC(C)C. The smallest absolute Gasteiger partial charge is 0.243 e. The van der Waals surface area contributed by atoms with E-state index >= 15 is 0 Å². The first-order chi connectivity index (χ1) is 9.10. The Labute approximate surface area is 119 Å². The van der Waals surface area contributed by atoms with Crippen molar-refractivity contribution in [1.29, 1.82) is 0 Å². The Hall–Kier alpha value is -1.26. The topological polar surface area (TPSA) is 38.8 Å². The molecule has 0 atom stereocenters. The average Bonchev–Trinajstić information content (AvgIpc) is 2.42. The van der Waals surface area contributed by atoms with Gasteiger partial charge in [0, 0.05) is 7.11 Å². The zero-order valence-electron chi connectivity index (χ0n) is 11.6. The molecule has 4 nitrogen and oxygen atoms in total. The second-order valence-corrected chi connectivity index (χ2v) is 4.81. The number of amides is 1. The van der Waals surface area contributed by atoms with Gasteiger partial charge in [0.15, 0.2) is 0 Å². The standard InChI is InChI=1S/C14H20ClNO3/c1-11(2)9-19-13-7-5-4-6-12(13)16(10-18-3)14(17)8-15/h4-7,11H,8-10H2,1-3H3. The molecule has 0 radical (unpaired) electrons. The number of hydrogen-bond donors (Lipinski definition) is 0. The second-order valence-electron chi connectivity index (χ2n) is 4.55. The van der Waals surface area contributed by atoms with Gasteiger partial charge >= 0.3 is 0 Å². The molecular weight excluding hydrogens is 266 g/mol. The highest BCUT2D eigenvalue weighted by Crippen LogP contribution is 2.28. The number of alkyl halides is 1. The molecular formula is C14H20ClNO3. The van der Waals surface area contributed by atoms with Crippen molar-refractivity contribution >= 4 is 23.2 Å². The van der Waals surface area contributed by atoms with Gasteiger partial charge in [-0.05, 0) is 18.1 Å². The van der Waals surface area contributed by atoms with Gasteiger partial charge in [0.2, 0.25) is 5.91 Å². The van der Waals surface area contributed by atoms with Gasteiger partial charge in [0.25, 0.3) is 0 Å². The van der Waals surface area contributed by atoms with E-state index in [9.17, 15) is 4.79 Å². The van der Waals surface area contributed by atoms with Crippen molar-refractivity contribution in [3.05, 3.63) is 24.3 Å². The molecule has 5 heteroatoms. The van der Waals surface area contributed by atoms with E-state index in [1.807, 2.05) is 24.3 Å². The maximum absolute atomic E-state index is 11.9. The molecule has 0 heterocycles. The minimum atomic E-state index is -0.218. The summed E-state index contributed by atoms with van der Waals surface area (Å²) >= 11 is 5.62. The van der Waals surface area contributed by atoms with E-state index in [1.54, 1.807) is 0 Å². The number of benzene rings is 1. The van der Waals surface area contributed by atoms with E-state index in [-0.39, 0.29) is 18.5 Å². The summed E-state index contributed by atoms with van der Waals surface area (Å²) in [6.07, 6.45) is 0. The Morgan fingerprint density at radius 3 is 2.63 bits per heavy atom. The summed E-state index contributed by atoms with van der Waals surface area (Å²) in [6.45, 7) is 4.87. The predicted molar refractivity (Wildman–Crippen MR) is 76.9 cm³/mol. The third-order valence-corrected chi connectivity index (χ3v) is 2.63. The summed E-state index contributed by atoms with van der Waals surface area (Å²) in [5.74, 6) is 0.755. The minimum absolute atomic E-state index is 0.0954. The van der Waals surface area contributed by atoms with Crippen LogP contribution in [0.25, 0.3) is 0 Å². The number of para-hydroxylation sites is 2. The van der Waals surface area contributed by atoms with Crippen LogP contribution in [-0.2, 0) is 9.53 Å². The third-order valence-electron chi connectivity index (χ3n) is 2.40. The lowest BCUT2D eigenvalue weighted by atomic mass is 10.2. The Morgan fingerprint density at radius 1 is 1.37 bits per heavy atom. The summed E-state index contributed by atoms with van der Waals surface area (Å²) in [7, 11) is 1.53. The van der Waals surface area contributed by atoms with Crippen molar-refractivity contribution in [3.63, 3.8) is 0 Å². The molecule has 1 aromatic rings. The molecule has 1 amide bonds. The van der Waals surface area contributed by atoms with Crippen LogP contribution in [0.1, 0.15) is 13.8 Å². The first kappa shape index (κ1) is 15.8. The molecule has 0 fully saturated rings. The molecule has 0 unspecified atom stereocenters. The van der Waals surface area contributed by atoms with Gasteiger partial charge < -0.3 is 9.47 Å². The van der Waals surface area contributed by atoms with E-state index in [4.69, 9.17) is 21.1 Å². The molecule has 0 saturated carbocycles. The molecule has 1 rings (SSSR count). The maximum atomic E-state index is 11.9. The number of carbonyl (C=O) groups is 1. The number of methoxy groups -OCH3 is 1. The average molecular weight is 286 g/mol. The molecule has 19 heavy (non-hydrogen) atoms. The van der Waals surface area contributed by atoms with E-state index < -0.39 is 0 Å². The number of ether oxygens (including phenoxy) is 2. The maximum Gasteiger partial charge on any atom is 0.243 e. The monoisotopic (exact) mass is 285 g/mol. The molecule has 0 N–H and O–H groups in total. The Kier molecular flexibility index (Phi) is 6.67. The van der Waals surface area contributed by atoms with Crippen LogP contribution in [0.4, 0.5) is 5.69 Å². The summed E-state index contributed by atoms with van der Waals surface area (Å²) in [4.78, 5) is 13.3. The lowest BCUT2D eigenvalue weighted by Gasteiger charge is -2.23. The summed E-state index contributed by atoms with van der Waals surface area (Å²) < 4.78 is 10.8. The fourth-order valence-electron chi connectivity index (χ4n) is 1.54. The van der Waals surface area contributed by atoms with Crippen LogP contribution in [0.5, 0.6) is 5.75 Å². The van der Waals surface area contributed by atoms with Crippen LogP contribution in [0.3, 0.4) is 0 Å². The largest absolute Gasteiger partial charge is 0.491 e. The molecule has 0 saturated heterocycles. The van der Waals surface area contributed by atoms with Crippen molar-refractivity contribution in [2.45, 2.75) is 13.8 Å². The van der Waals surface area contributed by atoms with Gasteiger partial charge in [-0.3, -0.25) is 9.69 Å². The number of hydrogen-bond acceptors (Lipinski definition) is 3. The van der Waals surface area contributed by atoms with E-state index in [0.29, 0.717) is 24.0 Å². The van der Waals surface area contributed by atoms with E-state index in [0.717, 1.165) is 0 Å². The van der Waals surface area contributed by atoms with Crippen molar-refractivity contribution in [2.24, 2.45) is 5.92 Å². The number of nitrogens with zero attached hydrogens (tertiary/aromatic N) is 1. The van der Waals surface area contributed by atoms with Gasteiger partial charge in [0.1, 0.15) is 18.4 Å². The summed E-state index contributed by atoms with van der Waals surface area (Å²) in [5, 5.41) is 0. The molecule has 106 valence electrons. The molecule has 0 spiro atoms. The van der Waals surface area contributed by atoms with Gasteiger partial charge in [-0.15, -0.1) is 11.6 Å². The first-order valence-electron chi connectivity index (χ1n) is 6.17. The molecule has 1 aromatic carbocycles. The van der Waals surface area contributed by atoms with Crippen molar-refractivity contribution in [2.75, 3.05) is 31.2 Å². The Morgan fingerprint density at radius 2 is 2.05 bits per heavy atom. The lowest BCUT2D eigenvalue weighted by Crippen LogP contribution is -2.34. The molecule has 0 aliphatic carbocycles. The lowest BCUT2D eigenvalue weighted by molar-refractivity contribution is -0.117. The highest BCUT2D eigenvalue weighted by atomic mass is 35.5. The minimum Gasteiger partial charge on any atom is -0.491 e. The summed E-state index contributed by atoms with van der Waals surface area (Å²) in [5.41, 5.74) is 0.677. The van der Waals surface area contributed by atoms with Crippen LogP contribution in [-0.4, -0.2) is 32.2 Å². The van der Waals surface area contributed by atoms with Gasteiger partial charge in [-0.25, -0.2) is 0 Å².